The molecule has 2 amide bonds. The second-order valence-electron chi connectivity index (χ2n) is 5.12. The minimum Gasteiger partial charge on any atom is -0.478 e. The van der Waals surface area contributed by atoms with E-state index in [4.69, 9.17) is 9.84 Å². The van der Waals surface area contributed by atoms with Crippen molar-refractivity contribution in [3.63, 3.8) is 0 Å². The zero-order valence-corrected chi connectivity index (χ0v) is 13.1. The summed E-state index contributed by atoms with van der Waals surface area (Å²) in [6.45, 7) is 2.94. The number of carboxylic acid groups (broad SMARTS) is 1. The summed E-state index contributed by atoms with van der Waals surface area (Å²) in [5.74, 6) is -0.962. The predicted octanol–water partition coefficient (Wildman–Crippen LogP) is 2.39. The number of amides is 2. The van der Waals surface area contributed by atoms with Gasteiger partial charge in [-0.25, -0.2) is 9.59 Å². The fourth-order valence-electron chi connectivity index (χ4n) is 2.03. The quantitative estimate of drug-likeness (QED) is 0.653. The van der Waals surface area contributed by atoms with Gasteiger partial charge in [0, 0.05) is 13.7 Å². The van der Waals surface area contributed by atoms with Crippen LogP contribution in [0.2, 0.25) is 0 Å². The van der Waals surface area contributed by atoms with Crippen molar-refractivity contribution in [2.24, 2.45) is 0 Å². The highest BCUT2D eigenvalue weighted by Crippen LogP contribution is 2.04. The molecule has 0 spiro atoms. The lowest BCUT2D eigenvalue weighted by molar-refractivity contribution is 0.0697. The van der Waals surface area contributed by atoms with E-state index >= 15 is 0 Å². The summed E-state index contributed by atoms with van der Waals surface area (Å²) in [5, 5.41) is 14.5. The number of hydrogen-bond donors (Lipinski definition) is 3. The SMILES string of the molecule is CCCCC(COC)NC(=O)NCc1ccc(C(=O)O)cc1. The monoisotopic (exact) mass is 308 g/mol. The average molecular weight is 308 g/mol. The van der Waals surface area contributed by atoms with Gasteiger partial charge in [0.2, 0.25) is 0 Å². The van der Waals surface area contributed by atoms with Gasteiger partial charge in [0.15, 0.2) is 0 Å². The third kappa shape index (κ3) is 6.58. The predicted molar refractivity (Wildman–Crippen MR) is 84.0 cm³/mol. The fraction of sp³-hybridized carbons (Fsp3) is 0.500. The van der Waals surface area contributed by atoms with Gasteiger partial charge in [-0.3, -0.25) is 0 Å². The van der Waals surface area contributed by atoms with Crippen LogP contribution in [0.25, 0.3) is 0 Å². The lowest BCUT2D eigenvalue weighted by Crippen LogP contribution is -2.43. The number of urea groups is 1. The van der Waals surface area contributed by atoms with Gasteiger partial charge in [-0.15, -0.1) is 0 Å². The van der Waals surface area contributed by atoms with E-state index in [1.807, 2.05) is 0 Å². The number of hydrogen-bond acceptors (Lipinski definition) is 3. The Kier molecular flexibility index (Phi) is 7.99. The van der Waals surface area contributed by atoms with Crippen molar-refractivity contribution in [3.8, 4) is 0 Å². The van der Waals surface area contributed by atoms with E-state index in [2.05, 4.69) is 17.6 Å². The van der Waals surface area contributed by atoms with Crippen molar-refractivity contribution in [3.05, 3.63) is 35.4 Å². The van der Waals surface area contributed by atoms with E-state index < -0.39 is 5.97 Å². The molecule has 3 N–H and O–H groups in total. The molecular weight excluding hydrogens is 284 g/mol. The van der Waals surface area contributed by atoms with Crippen LogP contribution in [0.1, 0.15) is 42.1 Å². The maximum absolute atomic E-state index is 11.9. The van der Waals surface area contributed by atoms with Gasteiger partial charge in [-0.1, -0.05) is 31.9 Å². The number of nitrogens with one attached hydrogen (secondary N) is 2. The first-order chi connectivity index (χ1) is 10.6. The summed E-state index contributed by atoms with van der Waals surface area (Å²) < 4.78 is 5.10. The van der Waals surface area contributed by atoms with Crippen LogP contribution in [-0.2, 0) is 11.3 Å². The Balaban J connectivity index is 2.41. The van der Waals surface area contributed by atoms with Crippen LogP contribution in [0.15, 0.2) is 24.3 Å². The van der Waals surface area contributed by atoms with Crippen molar-refractivity contribution in [1.82, 2.24) is 10.6 Å². The van der Waals surface area contributed by atoms with Gasteiger partial charge in [-0.05, 0) is 24.1 Å². The highest BCUT2D eigenvalue weighted by molar-refractivity contribution is 5.87. The van der Waals surface area contributed by atoms with E-state index in [1.54, 1.807) is 19.2 Å². The first-order valence-electron chi connectivity index (χ1n) is 7.42. The Morgan fingerprint density at radius 3 is 2.50 bits per heavy atom. The van der Waals surface area contributed by atoms with Crippen LogP contribution in [0.4, 0.5) is 4.79 Å². The molecule has 0 aliphatic heterocycles. The highest BCUT2D eigenvalue weighted by Gasteiger charge is 2.11. The van der Waals surface area contributed by atoms with E-state index in [1.165, 1.54) is 12.1 Å². The summed E-state index contributed by atoms with van der Waals surface area (Å²) in [7, 11) is 1.61. The third-order valence-electron chi connectivity index (χ3n) is 3.26. The smallest absolute Gasteiger partial charge is 0.335 e. The van der Waals surface area contributed by atoms with Gasteiger partial charge in [-0.2, -0.15) is 0 Å². The second kappa shape index (κ2) is 9.78. The summed E-state index contributed by atoms with van der Waals surface area (Å²) in [4.78, 5) is 22.6. The fourth-order valence-corrected chi connectivity index (χ4v) is 2.03. The Morgan fingerprint density at radius 1 is 1.27 bits per heavy atom. The summed E-state index contributed by atoms with van der Waals surface area (Å²) in [5.41, 5.74) is 1.07. The van der Waals surface area contributed by atoms with E-state index in [-0.39, 0.29) is 17.6 Å². The minimum atomic E-state index is -0.962. The summed E-state index contributed by atoms with van der Waals surface area (Å²) in [6, 6.07) is 6.17. The Hall–Kier alpha value is -2.08. The summed E-state index contributed by atoms with van der Waals surface area (Å²) in [6.07, 6.45) is 2.98. The van der Waals surface area contributed by atoms with Crippen LogP contribution < -0.4 is 10.6 Å². The molecule has 0 heterocycles. The third-order valence-corrected chi connectivity index (χ3v) is 3.26. The Morgan fingerprint density at radius 2 is 1.95 bits per heavy atom. The molecular formula is C16H24N2O4. The van der Waals surface area contributed by atoms with Gasteiger partial charge in [0.1, 0.15) is 0 Å². The zero-order chi connectivity index (χ0) is 16.4. The van der Waals surface area contributed by atoms with Crippen molar-refractivity contribution in [1.29, 1.82) is 0 Å². The molecule has 0 radical (unpaired) electrons. The maximum Gasteiger partial charge on any atom is 0.335 e. The topological polar surface area (TPSA) is 87.7 Å². The van der Waals surface area contributed by atoms with Crippen molar-refractivity contribution < 1.29 is 19.4 Å². The maximum atomic E-state index is 11.9. The normalized spacial score (nSPS) is 11.7. The number of aromatic carboxylic acids is 1. The lowest BCUT2D eigenvalue weighted by Gasteiger charge is -2.18. The van der Waals surface area contributed by atoms with Crippen LogP contribution >= 0.6 is 0 Å². The molecule has 1 unspecified atom stereocenters. The van der Waals surface area contributed by atoms with Crippen molar-refractivity contribution in [2.75, 3.05) is 13.7 Å². The molecule has 1 aromatic carbocycles. The molecule has 6 heteroatoms. The molecule has 22 heavy (non-hydrogen) atoms. The van der Waals surface area contributed by atoms with E-state index in [0.717, 1.165) is 24.8 Å². The van der Waals surface area contributed by atoms with Gasteiger partial charge in [0.25, 0.3) is 0 Å². The van der Waals surface area contributed by atoms with Crippen molar-refractivity contribution in [2.45, 2.75) is 38.8 Å². The molecule has 1 atom stereocenters. The van der Waals surface area contributed by atoms with Gasteiger partial charge >= 0.3 is 12.0 Å². The number of benzene rings is 1. The van der Waals surface area contributed by atoms with Crippen LogP contribution in [0.5, 0.6) is 0 Å². The number of ether oxygens (including phenoxy) is 1. The highest BCUT2D eigenvalue weighted by atomic mass is 16.5. The van der Waals surface area contributed by atoms with E-state index in [0.29, 0.717) is 13.2 Å². The van der Waals surface area contributed by atoms with Gasteiger partial charge in [0.05, 0.1) is 18.2 Å². The van der Waals surface area contributed by atoms with Crippen LogP contribution in [-0.4, -0.2) is 36.9 Å². The Labute approximate surface area is 130 Å². The molecule has 0 aliphatic carbocycles. The van der Waals surface area contributed by atoms with Gasteiger partial charge < -0.3 is 20.5 Å². The largest absolute Gasteiger partial charge is 0.478 e. The molecule has 0 aromatic heterocycles. The second-order valence-corrected chi connectivity index (χ2v) is 5.12. The first kappa shape index (κ1) is 18.0. The van der Waals surface area contributed by atoms with E-state index in [9.17, 15) is 9.59 Å². The number of carboxylic acids is 1. The summed E-state index contributed by atoms with van der Waals surface area (Å²) >= 11 is 0. The molecule has 1 aromatic rings. The molecule has 122 valence electrons. The molecule has 6 nitrogen and oxygen atoms in total. The first-order valence-corrected chi connectivity index (χ1v) is 7.42. The van der Waals surface area contributed by atoms with Crippen LogP contribution in [0.3, 0.4) is 0 Å². The Bertz CT molecular complexity index is 474. The number of carbonyl (C=O) groups excluding carboxylic acids is 1. The molecule has 1 rings (SSSR count). The number of unbranched alkanes of at least 4 members (excludes halogenated alkanes) is 1. The molecule has 0 fully saturated rings. The van der Waals surface area contributed by atoms with Crippen molar-refractivity contribution >= 4 is 12.0 Å². The van der Waals surface area contributed by atoms with Crippen LogP contribution in [0, 0.1) is 0 Å². The molecule has 0 saturated heterocycles. The molecule has 0 saturated carbocycles. The molecule has 0 aliphatic rings. The minimum absolute atomic E-state index is 0.000614. The zero-order valence-electron chi connectivity index (χ0n) is 13.1. The number of carbonyl (C=O) groups is 2. The standard InChI is InChI=1S/C16H24N2O4/c1-3-4-5-14(11-22-2)18-16(21)17-10-12-6-8-13(9-7-12)15(19)20/h6-9,14H,3-5,10-11H2,1-2H3,(H,19,20)(H2,17,18,21). The number of methoxy groups -OCH3 is 1. The lowest BCUT2D eigenvalue weighted by atomic mass is 10.1. The molecule has 0 bridgehead atoms. The number of rotatable bonds is 9. The average Bonchev–Trinajstić information content (AvgIpc) is 2.51.